The fourth-order valence-corrected chi connectivity index (χ4v) is 2.54. The Balaban J connectivity index is 2.19. The van der Waals surface area contributed by atoms with Crippen LogP contribution in [0.5, 0.6) is 11.5 Å². The molecule has 1 aromatic rings. The lowest BCUT2D eigenvalue weighted by molar-refractivity contribution is -0.130. The highest BCUT2D eigenvalue weighted by atomic mass is 35.5. The Morgan fingerprint density at radius 1 is 1.25 bits per heavy atom. The summed E-state index contributed by atoms with van der Waals surface area (Å²) in [5, 5.41) is 0.506. The van der Waals surface area contributed by atoms with E-state index in [4.69, 9.17) is 21.1 Å². The van der Waals surface area contributed by atoms with E-state index in [1.807, 2.05) is 19.9 Å². The van der Waals surface area contributed by atoms with Crippen LogP contribution in [0.4, 0.5) is 0 Å². The number of benzene rings is 1. The first-order valence-corrected chi connectivity index (χ1v) is 7.39. The molecule has 1 aliphatic heterocycles. The zero-order valence-electron chi connectivity index (χ0n) is 11.9. The van der Waals surface area contributed by atoms with Gasteiger partial charge in [-0.15, -0.1) is 0 Å². The molecule has 0 aromatic heterocycles. The summed E-state index contributed by atoms with van der Waals surface area (Å²) in [5.74, 6) is 1.32. The van der Waals surface area contributed by atoms with Gasteiger partial charge in [-0.25, -0.2) is 0 Å². The molecule has 1 amide bonds. The highest BCUT2D eigenvalue weighted by Crippen LogP contribution is 2.38. The minimum Gasteiger partial charge on any atom is -0.489 e. The number of rotatable bonds is 4. The molecule has 0 N–H and O–H groups in total. The van der Waals surface area contributed by atoms with Gasteiger partial charge in [0.2, 0.25) is 5.91 Å². The number of hydrogen-bond donors (Lipinski definition) is 0. The van der Waals surface area contributed by atoms with Crippen LogP contribution in [-0.4, -0.2) is 37.1 Å². The van der Waals surface area contributed by atoms with Crippen LogP contribution in [0.15, 0.2) is 12.1 Å². The van der Waals surface area contributed by atoms with Gasteiger partial charge in [0.1, 0.15) is 0 Å². The van der Waals surface area contributed by atoms with Crippen molar-refractivity contribution in [2.75, 3.05) is 26.3 Å². The quantitative estimate of drug-likeness (QED) is 0.858. The van der Waals surface area contributed by atoms with Gasteiger partial charge in [0, 0.05) is 19.5 Å². The molecule has 1 aliphatic rings. The van der Waals surface area contributed by atoms with Crippen LogP contribution < -0.4 is 9.47 Å². The number of halogens is 1. The number of hydrogen-bond acceptors (Lipinski definition) is 3. The van der Waals surface area contributed by atoms with E-state index in [1.165, 1.54) is 0 Å². The molecule has 0 unspecified atom stereocenters. The number of carbonyl (C=O) groups excluding carboxylic acids is 1. The van der Waals surface area contributed by atoms with E-state index in [9.17, 15) is 4.79 Å². The molecular formula is C15H20ClNO3. The van der Waals surface area contributed by atoms with Crippen LogP contribution in [0.1, 0.15) is 25.8 Å². The van der Waals surface area contributed by atoms with Gasteiger partial charge in [0.15, 0.2) is 11.5 Å². The van der Waals surface area contributed by atoms with Gasteiger partial charge < -0.3 is 14.4 Å². The maximum Gasteiger partial charge on any atom is 0.226 e. The first kappa shape index (κ1) is 15.0. The smallest absolute Gasteiger partial charge is 0.226 e. The Kier molecular flexibility index (Phi) is 5.12. The Labute approximate surface area is 124 Å². The number of nitrogens with zero attached hydrogens (tertiary/aromatic N) is 1. The zero-order chi connectivity index (χ0) is 14.5. The van der Waals surface area contributed by atoms with Crippen LogP contribution in [0.3, 0.4) is 0 Å². The van der Waals surface area contributed by atoms with Gasteiger partial charge in [-0.2, -0.15) is 0 Å². The summed E-state index contributed by atoms with van der Waals surface area (Å²) >= 11 is 6.22. The molecule has 0 spiro atoms. The van der Waals surface area contributed by atoms with Crippen LogP contribution in [-0.2, 0) is 11.2 Å². The summed E-state index contributed by atoms with van der Waals surface area (Å²) in [4.78, 5) is 13.9. The second-order valence-corrected chi connectivity index (χ2v) is 5.11. The zero-order valence-corrected chi connectivity index (χ0v) is 12.7. The molecule has 110 valence electrons. The summed E-state index contributed by atoms with van der Waals surface area (Å²) in [6.45, 7) is 6.59. The molecule has 4 nitrogen and oxygen atoms in total. The van der Waals surface area contributed by atoms with Crippen LogP contribution in [0.2, 0.25) is 5.02 Å². The topological polar surface area (TPSA) is 38.8 Å². The average molecular weight is 298 g/mol. The van der Waals surface area contributed by atoms with Crippen molar-refractivity contribution in [1.29, 1.82) is 0 Å². The van der Waals surface area contributed by atoms with Crippen molar-refractivity contribution in [1.82, 2.24) is 4.90 Å². The fourth-order valence-electron chi connectivity index (χ4n) is 2.25. The first-order chi connectivity index (χ1) is 9.65. The van der Waals surface area contributed by atoms with Gasteiger partial charge in [-0.05, 0) is 31.5 Å². The predicted octanol–water partition coefficient (Wildman–Crippen LogP) is 2.91. The molecule has 5 heteroatoms. The average Bonchev–Trinajstić information content (AvgIpc) is 2.65. The monoisotopic (exact) mass is 297 g/mol. The standard InChI is InChI=1S/C15H20ClNO3/c1-3-17(4-2)14(18)10-11-8-12(16)15-13(9-11)19-6-5-7-20-15/h8-9H,3-7,10H2,1-2H3. The van der Waals surface area contributed by atoms with E-state index >= 15 is 0 Å². The predicted molar refractivity (Wildman–Crippen MR) is 78.7 cm³/mol. The molecule has 1 aromatic carbocycles. The molecule has 0 saturated heterocycles. The fraction of sp³-hybridized carbons (Fsp3) is 0.533. The molecule has 2 rings (SSSR count). The Morgan fingerprint density at radius 3 is 2.65 bits per heavy atom. The van der Waals surface area contributed by atoms with Gasteiger partial charge >= 0.3 is 0 Å². The van der Waals surface area contributed by atoms with Crippen molar-refractivity contribution in [3.05, 3.63) is 22.7 Å². The third kappa shape index (κ3) is 3.37. The molecule has 0 bridgehead atoms. The molecular weight excluding hydrogens is 278 g/mol. The molecule has 0 atom stereocenters. The number of fused-ring (bicyclic) bond motifs is 1. The summed E-state index contributed by atoms with van der Waals surface area (Å²) in [7, 11) is 0. The van der Waals surface area contributed by atoms with Gasteiger partial charge in [0.25, 0.3) is 0 Å². The summed E-state index contributed by atoms with van der Waals surface area (Å²) in [6, 6.07) is 3.64. The van der Waals surface area contributed by atoms with Gasteiger partial charge in [0.05, 0.1) is 24.7 Å². The normalized spacial score (nSPS) is 13.8. The van der Waals surface area contributed by atoms with E-state index in [1.54, 1.807) is 11.0 Å². The van der Waals surface area contributed by atoms with E-state index in [2.05, 4.69) is 0 Å². The summed E-state index contributed by atoms with van der Waals surface area (Å²) < 4.78 is 11.2. The Bertz CT molecular complexity index is 486. The van der Waals surface area contributed by atoms with E-state index < -0.39 is 0 Å². The highest BCUT2D eigenvalue weighted by molar-refractivity contribution is 6.32. The lowest BCUT2D eigenvalue weighted by Gasteiger charge is -2.19. The Hall–Kier alpha value is -1.42. The third-order valence-electron chi connectivity index (χ3n) is 3.33. The third-order valence-corrected chi connectivity index (χ3v) is 3.61. The first-order valence-electron chi connectivity index (χ1n) is 7.01. The van der Waals surface area contributed by atoms with Crippen molar-refractivity contribution >= 4 is 17.5 Å². The van der Waals surface area contributed by atoms with Gasteiger partial charge in [-0.3, -0.25) is 4.79 Å². The molecule has 0 saturated carbocycles. The molecule has 0 aliphatic carbocycles. The maximum atomic E-state index is 12.1. The lowest BCUT2D eigenvalue weighted by Crippen LogP contribution is -2.31. The second-order valence-electron chi connectivity index (χ2n) is 4.70. The Morgan fingerprint density at radius 2 is 1.95 bits per heavy atom. The van der Waals surface area contributed by atoms with Crippen LogP contribution in [0.25, 0.3) is 0 Å². The van der Waals surface area contributed by atoms with Gasteiger partial charge in [-0.1, -0.05) is 11.6 Å². The van der Waals surface area contributed by atoms with Crippen LogP contribution >= 0.6 is 11.6 Å². The molecule has 0 fully saturated rings. The summed E-state index contributed by atoms with van der Waals surface area (Å²) in [6.07, 6.45) is 1.16. The minimum atomic E-state index is 0.0977. The number of ether oxygens (including phenoxy) is 2. The van der Waals surface area contributed by atoms with Crippen molar-refractivity contribution < 1.29 is 14.3 Å². The van der Waals surface area contributed by atoms with Crippen molar-refractivity contribution in [3.63, 3.8) is 0 Å². The van der Waals surface area contributed by atoms with E-state index in [0.29, 0.717) is 49.2 Å². The van der Waals surface area contributed by atoms with Crippen molar-refractivity contribution in [2.24, 2.45) is 0 Å². The molecule has 20 heavy (non-hydrogen) atoms. The maximum absolute atomic E-state index is 12.1. The molecule has 1 heterocycles. The van der Waals surface area contributed by atoms with Crippen LogP contribution in [0, 0.1) is 0 Å². The summed E-state index contributed by atoms with van der Waals surface area (Å²) in [5.41, 5.74) is 0.858. The highest BCUT2D eigenvalue weighted by Gasteiger charge is 2.18. The number of likely N-dealkylation sites (N-methyl/N-ethyl adjacent to an activating group) is 1. The second kappa shape index (κ2) is 6.84. The largest absolute Gasteiger partial charge is 0.489 e. The number of amides is 1. The minimum absolute atomic E-state index is 0.0977. The number of carbonyl (C=O) groups is 1. The SMILES string of the molecule is CCN(CC)C(=O)Cc1cc(Cl)c2c(c1)OCCCO2. The lowest BCUT2D eigenvalue weighted by atomic mass is 10.1. The van der Waals surface area contributed by atoms with E-state index in [-0.39, 0.29) is 5.91 Å². The van der Waals surface area contributed by atoms with E-state index in [0.717, 1.165) is 12.0 Å². The molecule has 0 radical (unpaired) electrons. The van der Waals surface area contributed by atoms with Crippen molar-refractivity contribution in [3.8, 4) is 11.5 Å². The van der Waals surface area contributed by atoms with Crippen molar-refractivity contribution in [2.45, 2.75) is 26.7 Å².